The van der Waals surface area contributed by atoms with Crippen molar-refractivity contribution in [2.24, 2.45) is 10.8 Å². The standard InChI is InChI=1S/C14H14O3/c1-2-13-8-14(13,12(16)17-9-13)11(15)10-6-4-3-5-7-10/h3-7H,2,8-9H2,1H3/t13-,14-/m1/s1. The van der Waals surface area contributed by atoms with E-state index in [1.165, 1.54) is 0 Å². The number of ketones is 1. The molecule has 0 amide bonds. The van der Waals surface area contributed by atoms with Gasteiger partial charge in [0.05, 0.1) is 6.61 Å². The van der Waals surface area contributed by atoms with Crippen LogP contribution in [0.15, 0.2) is 30.3 Å². The topological polar surface area (TPSA) is 43.4 Å². The second-order valence-corrected chi connectivity index (χ2v) is 4.99. The van der Waals surface area contributed by atoms with Crippen LogP contribution in [0.4, 0.5) is 0 Å². The van der Waals surface area contributed by atoms with Crippen LogP contribution in [0.3, 0.4) is 0 Å². The molecule has 3 rings (SSSR count). The van der Waals surface area contributed by atoms with Crippen LogP contribution in [-0.2, 0) is 9.53 Å². The van der Waals surface area contributed by atoms with E-state index in [0.29, 0.717) is 18.6 Å². The van der Waals surface area contributed by atoms with Crippen molar-refractivity contribution in [2.45, 2.75) is 19.8 Å². The van der Waals surface area contributed by atoms with Gasteiger partial charge >= 0.3 is 5.97 Å². The number of fused-ring (bicyclic) bond motifs is 1. The highest BCUT2D eigenvalue weighted by atomic mass is 16.5. The number of hydrogen-bond acceptors (Lipinski definition) is 3. The number of ether oxygens (including phenoxy) is 1. The van der Waals surface area contributed by atoms with Gasteiger partial charge in [0.25, 0.3) is 0 Å². The second-order valence-electron chi connectivity index (χ2n) is 4.99. The fourth-order valence-corrected chi connectivity index (χ4v) is 3.03. The third-order valence-corrected chi connectivity index (χ3v) is 4.31. The maximum atomic E-state index is 12.5. The fourth-order valence-electron chi connectivity index (χ4n) is 3.03. The van der Waals surface area contributed by atoms with Gasteiger partial charge in [-0.15, -0.1) is 0 Å². The van der Waals surface area contributed by atoms with Gasteiger partial charge < -0.3 is 4.74 Å². The molecule has 1 saturated carbocycles. The van der Waals surface area contributed by atoms with Gasteiger partial charge in [0.15, 0.2) is 5.78 Å². The van der Waals surface area contributed by atoms with E-state index >= 15 is 0 Å². The molecular formula is C14H14O3. The second kappa shape index (κ2) is 3.19. The number of Topliss-reactive ketones (excluding diaryl/α,β-unsaturated/α-hetero) is 1. The van der Waals surface area contributed by atoms with Gasteiger partial charge in [0.1, 0.15) is 5.41 Å². The Kier molecular flexibility index (Phi) is 1.97. The monoisotopic (exact) mass is 230 g/mol. The molecule has 1 aliphatic carbocycles. The molecule has 17 heavy (non-hydrogen) atoms. The Hall–Kier alpha value is -1.64. The van der Waals surface area contributed by atoms with Crippen LogP contribution in [0, 0.1) is 10.8 Å². The van der Waals surface area contributed by atoms with Crippen molar-refractivity contribution in [2.75, 3.05) is 6.61 Å². The van der Waals surface area contributed by atoms with Gasteiger partial charge in [-0.25, -0.2) is 0 Å². The minimum Gasteiger partial charge on any atom is -0.464 e. The number of rotatable bonds is 3. The first kappa shape index (κ1) is 10.5. The smallest absolute Gasteiger partial charge is 0.320 e. The molecule has 0 unspecified atom stereocenters. The summed E-state index contributed by atoms with van der Waals surface area (Å²) in [5.74, 6) is -0.393. The van der Waals surface area contributed by atoms with Crippen molar-refractivity contribution >= 4 is 11.8 Å². The molecule has 0 radical (unpaired) electrons. The summed E-state index contributed by atoms with van der Waals surface area (Å²) in [5.41, 5.74) is -0.484. The Bertz CT molecular complexity index is 493. The molecule has 0 N–H and O–H groups in total. The molecule has 1 heterocycles. The summed E-state index contributed by atoms with van der Waals surface area (Å²) in [4.78, 5) is 24.4. The summed E-state index contributed by atoms with van der Waals surface area (Å²) in [6.45, 7) is 2.42. The summed E-state index contributed by atoms with van der Waals surface area (Å²) >= 11 is 0. The van der Waals surface area contributed by atoms with Crippen molar-refractivity contribution in [3.63, 3.8) is 0 Å². The highest BCUT2D eigenvalue weighted by molar-refractivity contribution is 6.17. The van der Waals surface area contributed by atoms with Crippen LogP contribution in [0.2, 0.25) is 0 Å². The SMILES string of the molecule is CC[C@@]12COC(=O)[C@]1(C(=O)c1ccccc1)C2. The lowest BCUT2D eigenvalue weighted by atomic mass is 9.86. The van der Waals surface area contributed by atoms with Crippen LogP contribution < -0.4 is 0 Å². The molecule has 1 aromatic carbocycles. The van der Waals surface area contributed by atoms with E-state index in [1.807, 2.05) is 25.1 Å². The minimum absolute atomic E-state index is 0.0672. The zero-order valence-electron chi connectivity index (χ0n) is 9.73. The number of hydrogen-bond donors (Lipinski definition) is 0. The summed E-state index contributed by atoms with van der Waals surface area (Å²) in [6.07, 6.45) is 1.47. The first-order valence-corrected chi connectivity index (χ1v) is 5.93. The quantitative estimate of drug-likeness (QED) is 0.454. The van der Waals surface area contributed by atoms with Gasteiger partial charge in [-0.05, 0) is 12.8 Å². The maximum absolute atomic E-state index is 12.5. The van der Waals surface area contributed by atoms with Crippen LogP contribution in [0.5, 0.6) is 0 Å². The van der Waals surface area contributed by atoms with Crippen molar-refractivity contribution in [1.82, 2.24) is 0 Å². The minimum atomic E-state index is -0.872. The molecule has 88 valence electrons. The number of cyclic esters (lactones) is 1. The van der Waals surface area contributed by atoms with E-state index in [2.05, 4.69) is 0 Å². The third-order valence-electron chi connectivity index (χ3n) is 4.31. The lowest BCUT2D eigenvalue weighted by Gasteiger charge is -2.10. The molecule has 3 nitrogen and oxygen atoms in total. The molecule has 3 heteroatoms. The van der Waals surface area contributed by atoms with Crippen molar-refractivity contribution < 1.29 is 14.3 Å². The van der Waals surface area contributed by atoms with Crippen molar-refractivity contribution in [1.29, 1.82) is 0 Å². The summed E-state index contributed by atoms with van der Waals surface area (Å²) in [7, 11) is 0. The van der Waals surface area contributed by atoms with Gasteiger partial charge in [-0.2, -0.15) is 0 Å². The number of benzene rings is 1. The highest BCUT2D eigenvalue weighted by Gasteiger charge is 2.80. The molecular weight excluding hydrogens is 216 g/mol. The normalized spacial score (nSPS) is 34.1. The van der Waals surface area contributed by atoms with E-state index in [9.17, 15) is 9.59 Å². The summed E-state index contributed by atoms with van der Waals surface area (Å²) in [5, 5.41) is 0. The molecule has 1 aromatic rings. The Balaban J connectivity index is 2.01. The Morgan fingerprint density at radius 1 is 1.35 bits per heavy atom. The molecule has 1 saturated heterocycles. The van der Waals surface area contributed by atoms with Gasteiger partial charge in [-0.1, -0.05) is 37.3 Å². The van der Waals surface area contributed by atoms with Crippen molar-refractivity contribution in [3.05, 3.63) is 35.9 Å². The van der Waals surface area contributed by atoms with Crippen LogP contribution in [0.1, 0.15) is 30.1 Å². The molecule has 2 fully saturated rings. The van der Waals surface area contributed by atoms with Crippen LogP contribution >= 0.6 is 0 Å². The Morgan fingerprint density at radius 3 is 2.65 bits per heavy atom. The predicted molar refractivity (Wildman–Crippen MR) is 61.5 cm³/mol. The van der Waals surface area contributed by atoms with E-state index in [1.54, 1.807) is 12.1 Å². The van der Waals surface area contributed by atoms with E-state index < -0.39 is 5.41 Å². The first-order valence-electron chi connectivity index (χ1n) is 5.93. The summed E-state index contributed by atoms with van der Waals surface area (Å²) < 4.78 is 5.10. The zero-order valence-corrected chi connectivity index (χ0v) is 9.73. The van der Waals surface area contributed by atoms with E-state index in [-0.39, 0.29) is 17.2 Å². The lowest BCUT2D eigenvalue weighted by molar-refractivity contribution is -0.143. The maximum Gasteiger partial charge on any atom is 0.320 e. The van der Waals surface area contributed by atoms with E-state index in [4.69, 9.17) is 4.74 Å². The van der Waals surface area contributed by atoms with Gasteiger partial charge in [0, 0.05) is 11.0 Å². The average molecular weight is 230 g/mol. The Morgan fingerprint density at radius 2 is 2.06 bits per heavy atom. The zero-order chi connectivity index (χ0) is 12.1. The molecule has 1 aliphatic heterocycles. The highest BCUT2D eigenvalue weighted by Crippen LogP contribution is 2.71. The van der Waals surface area contributed by atoms with E-state index in [0.717, 1.165) is 6.42 Å². The third kappa shape index (κ3) is 1.11. The van der Waals surface area contributed by atoms with Gasteiger partial charge in [0.2, 0.25) is 0 Å². The molecule has 2 aliphatic rings. The largest absolute Gasteiger partial charge is 0.464 e. The molecule has 2 atom stereocenters. The van der Waals surface area contributed by atoms with Crippen LogP contribution in [-0.4, -0.2) is 18.4 Å². The number of carbonyl (C=O) groups is 2. The summed E-state index contributed by atoms with van der Waals surface area (Å²) in [6, 6.07) is 9.03. The average Bonchev–Trinajstić information content (AvgIpc) is 2.99. The van der Waals surface area contributed by atoms with Gasteiger partial charge in [-0.3, -0.25) is 9.59 Å². The lowest BCUT2D eigenvalue weighted by Crippen LogP contribution is -2.27. The van der Waals surface area contributed by atoms with Crippen LogP contribution in [0.25, 0.3) is 0 Å². The van der Waals surface area contributed by atoms with Crippen molar-refractivity contribution in [3.8, 4) is 0 Å². The Labute approximate surface area is 99.8 Å². The number of esters is 1. The molecule has 0 spiro atoms. The first-order chi connectivity index (χ1) is 8.16. The fraction of sp³-hybridized carbons (Fsp3) is 0.429. The predicted octanol–water partition coefficient (Wildman–Crippen LogP) is 2.21. The molecule has 0 bridgehead atoms. The number of carbonyl (C=O) groups excluding carboxylic acids is 2. The molecule has 0 aromatic heterocycles.